The van der Waals surface area contributed by atoms with E-state index in [1.165, 1.54) is 31.4 Å². The molecule has 1 aliphatic heterocycles. The number of phenols is 1. The zero-order valence-electron chi connectivity index (χ0n) is 15.1. The van der Waals surface area contributed by atoms with E-state index in [2.05, 4.69) is 32.2 Å². The highest BCUT2D eigenvalue weighted by Gasteiger charge is 2.25. The summed E-state index contributed by atoms with van der Waals surface area (Å²) in [7, 11) is 0. The lowest BCUT2D eigenvalue weighted by atomic mass is 10.0. The Kier molecular flexibility index (Phi) is 4.75. The van der Waals surface area contributed by atoms with Gasteiger partial charge in [-0.25, -0.2) is 4.68 Å². The number of hydrogen-bond acceptors (Lipinski definition) is 4. The van der Waals surface area contributed by atoms with Gasteiger partial charge in [-0.05, 0) is 44.2 Å². The highest BCUT2D eigenvalue weighted by Crippen LogP contribution is 2.33. The molecular formula is C20H28N4O. The van der Waals surface area contributed by atoms with Crippen LogP contribution in [-0.2, 0) is 6.54 Å². The maximum absolute atomic E-state index is 10.1. The monoisotopic (exact) mass is 340 g/mol. The molecule has 0 spiro atoms. The van der Waals surface area contributed by atoms with Gasteiger partial charge in [0.2, 0.25) is 0 Å². The van der Waals surface area contributed by atoms with Crippen molar-refractivity contribution in [2.75, 3.05) is 13.1 Å². The summed E-state index contributed by atoms with van der Waals surface area (Å²) in [5.41, 5.74) is 3.32. The zero-order chi connectivity index (χ0) is 17.2. The number of aromatic hydroxyl groups is 1. The van der Waals surface area contributed by atoms with Crippen LogP contribution in [0.15, 0.2) is 24.4 Å². The van der Waals surface area contributed by atoms with Crippen molar-refractivity contribution in [1.29, 1.82) is 0 Å². The van der Waals surface area contributed by atoms with Gasteiger partial charge in [-0.2, -0.15) is 0 Å². The highest BCUT2D eigenvalue weighted by molar-refractivity contribution is 5.35. The average Bonchev–Trinajstić information content (AvgIpc) is 3.29. The molecule has 2 aliphatic rings. The van der Waals surface area contributed by atoms with Crippen molar-refractivity contribution in [1.82, 2.24) is 19.9 Å². The van der Waals surface area contributed by atoms with Gasteiger partial charge in [0.05, 0.1) is 11.7 Å². The van der Waals surface area contributed by atoms with Crippen LogP contribution in [-0.4, -0.2) is 38.1 Å². The number of phenolic OH excluding ortho intramolecular Hbond substituents is 1. The Balaban J connectivity index is 1.33. The van der Waals surface area contributed by atoms with Crippen LogP contribution >= 0.6 is 0 Å². The molecule has 2 aromatic rings. The summed E-state index contributed by atoms with van der Waals surface area (Å²) in [6, 6.07) is 6.43. The van der Waals surface area contributed by atoms with Crippen LogP contribution in [0.25, 0.3) is 0 Å². The van der Waals surface area contributed by atoms with E-state index >= 15 is 0 Å². The third-order valence-corrected chi connectivity index (χ3v) is 5.87. The first kappa shape index (κ1) is 16.6. The molecule has 4 rings (SSSR count). The Morgan fingerprint density at radius 1 is 1.12 bits per heavy atom. The fourth-order valence-electron chi connectivity index (χ4n) is 4.27. The van der Waals surface area contributed by atoms with Gasteiger partial charge in [0.1, 0.15) is 5.75 Å². The number of benzene rings is 1. The van der Waals surface area contributed by atoms with E-state index in [1.54, 1.807) is 0 Å². The van der Waals surface area contributed by atoms with Crippen molar-refractivity contribution < 1.29 is 5.11 Å². The van der Waals surface area contributed by atoms with Crippen LogP contribution < -0.4 is 0 Å². The Morgan fingerprint density at radius 2 is 1.88 bits per heavy atom. The van der Waals surface area contributed by atoms with E-state index in [0.717, 1.165) is 43.6 Å². The van der Waals surface area contributed by atoms with Crippen molar-refractivity contribution in [3.05, 3.63) is 41.2 Å². The third kappa shape index (κ3) is 3.71. The van der Waals surface area contributed by atoms with Gasteiger partial charge in [0, 0.05) is 37.3 Å². The second-order valence-electron chi connectivity index (χ2n) is 7.74. The van der Waals surface area contributed by atoms with E-state index < -0.39 is 0 Å². The van der Waals surface area contributed by atoms with Crippen LogP contribution in [0.3, 0.4) is 0 Å². The van der Waals surface area contributed by atoms with Gasteiger partial charge in [0.15, 0.2) is 0 Å². The molecule has 0 unspecified atom stereocenters. The number of aromatic nitrogens is 3. The zero-order valence-corrected chi connectivity index (χ0v) is 15.1. The fourth-order valence-corrected chi connectivity index (χ4v) is 4.27. The fraction of sp³-hybridized carbons (Fsp3) is 0.600. The summed E-state index contributed by atoms with van der Waals surface area (Å²) in [4.78, 5) is 2.43. The molecule has 1 saturated heterocycles. The molecule has 25 heavy (non-hydrogen) atoms. The molecule has 1 N–H and O–H groups in total. The van der Waals surface area contributed by atoms with Crippen LogP contribution in [0.5, 0.6) is 5.75 Å². The molecule has 0 atom stereocenters. The minimum atomic E-state index is 0.416. The molecule has 1 aliphatic carbocycles. The topological polar surface area (TPSA) is 54.2 Å². The third-order valence-electron chi connectivity index (χ3n) is 5.87. The second kappa shape index (κ2) is 7.16. The largest absolute Gasteiger partial charge is 0.508 e. The van der Waals surface area contributed by atoms with E-state index in [9.17, 15) is 5.11 Å². The number of aryl methyl sites for hydroxylation is 1. The normalized spacial score (nSPS) is 20.4. The number of piperidine rings is 1. The first-order valence-corrected chi connectivity index (χ1v) is 9.61. The van der Waals surface area contributed by atoms with E-state index in [1.807, 2.05) is 19.1 Å². The molecule has 2 heterocycles. The van der Waals surface area contributed by atoms with Crippen LogP contribution in [0.1, 0.15) is 67.3 Å². The number of hydrogen-bond donors (Lipinski definition) is 1. The van der Waals surface area contributed by atoms with E-state index in [0.29, 0.717) is 17.7 Å². The molecule has 1 aromatic heterocycles. The summed E-state index contributed by atoms with van der Waals surface area (Å²) in [6.07, 6.45) is 9.61. The van der Waals surface area contributed by atoms with Crippen LogP contribution in [0.2, 0.25) is 0 Å². The Labute approximate surface area is 149 Å². The molecule has 0 radical (unpaired) electrons. The molecule has 2 fully saturated rings. The van der Waals surface area contributed by atoms with Gasteiger partial charge in [-0.1, -0.05) is 30.2 Å². The summed E-state index contributed by atoms with van der Waals surface area (Å²) in [5.74, 6) is 1.05. The maximum atomic E-state index is 10.1. The van der Waals surface area contributed by atoms with Crippen molar-refractivity contribution in [3.63, 3.8) is 0 Å². The van der Waals surface area contributed by atoms with Crippen molar-refractivity contribution in [2.45, 2.75) is 64.0 Å². The molecule has 0 amide bonds. The van der Waals surface area contributed by atoms with Crippen molar-refractivity contribution in [3.8, 4) is 5.75 Å². The lowest BCUT2D eigenvalue weighted by Gasteiger charge is -2.31. The van der Waals surface area contributed by atoms with E-state index in [-0.39, 0.29) is 0 Å². The van der Waals surface area contributed by atoms with Crippen LogP contribution in [0.4, 0.5) is 0 Å². The van der Waals surface area contributed by atoms with Gasteiger partial charge in [0.25, 0.3) is 0 Å². The number of nitrogens with zero attached hydrogens (tertiary/aromatic N) is 4. The second-order valence-corrected chi connectivity index (χ2v) is 7.74. The Morgan fingerprint density at radius 3 is 2.60 bits per heavy atom. The molecule has 1 saturated carbocycles. The molecule has 5 nitrogen and oxygen atoms in total. The SMILES string of the molecule is Cc1ccc(CN2CCC(n3cc(C4CCCC4)nn3)CC2)c(O)c1. The summed E-state index contributed by atoms with van der Waals surface area (Å²) in [6.45, 7) is 4.91. The summed E-state index contributed by atoms with van der Waals surface area (Å²) < 4.78 is 2.11. The molecule has 134 valence electrons. The highest BCUT2D eigenvalue weighted by atomic mass is 16.3. The number of likely N-dealkylation sites (tertiary alicyclic amines) is 1. The predicted molar refractivity (Wildman–Crippen MR) is 97.6 cm³/mol. The standard InChI is InChI=1S/C20H28N4O/c1-15-6-7-17(20(25)12-15)13-23-10-8-18(9-11-23)24-14-19(21-22-24)16-4-2-3-5-16/h6-7,12,14,16,18,25H,2-5,8-11,13H2,1H3. The Hall–Kier alpha value is -1.88. The molecule has 5 heteroatoms. The van der Waals surface area contributed by atoms with Gasteiger partial charge < -0.3 is 5.11 Å². The van der Waals surface area contributed by atoms with Gasteiger partial charge in [-0.3, -0.25) is 4.90 Å². The quantitative estimate of drug-likeness (QED) is 0.920. The van der Waals surface area contributed by atoms with Crippen molar-refractivity contribution in [2.24, 2.45) is 0 Å². The minimum Gasteiger partial charge on any atom is -0.508 e. The van der Waals surface area contributed by atoms with Crippen molar-refractivity contribution >= 4 is 0 Å². The first-order chi connectivity index (χ1) is 12.2. The minimum absolute atomic E-state index is 0.416. The van der Waals surface area contributed by atoms with Gasteiger partial charge in [-0.15, -0.1) is 5.10 Å². The first-order valence-electron chi connectivity index (χ1n) is 9.61. The lowest BCUT2D eigenvalue weighted by Crippen LogP contribution is -2.34. The summed E-state index contributed by atoms with van der Waals surface area (Å²) >= 11 is 0. The molecule has 0 bridgehead atoms. The van der Waals surface area contributed by atoms with Gasteiger partial charge >= 0.3 is 0 Å². The predicted octanol–water partition coefficient (Wildman–Crippen LogP) is 3.79. The van der Waals surface area contributed by atoms with Crippen LogP contribution in [0, 0.1) is 6.92 Å². The van der Waals surface area contributed by atoms with E-state index in [4.69, 9.17) is 0 Å². The Bertz CT molecular complexity index is 712. The summed E-state index contributed by atoms with van der Waals surface area (Å²) in [5, 5.41) is 19.0. The lowest BCUT2D eigenvalue weighted by molar-refractivity contribution is 0.171. The molecule has 1 aromatic carbocycles. The molecular weight excluding hydrogens is 312 g/mol. The smallest absolute Gasteiger partial charge is 0.120 e. The maximum Gasteiger partial charge on any atom is 0.120 e. The number of rotatable bonds is 4. The average molecular weight is 340 g/mol.